The van der Waals surface area contributed by atoms with E-state index in [2.05, 4.69) is 15.3 Å². The maximum absolute atomic E-state index is 12.8. The van der Waals surface area contributed by atoms with Gasteiger partial charge in [-0.3, -0.25) is 9.59 Å². The van der Waals surface area contributed by atoms with Gasteiger partial charge in [0.15, 0.2) is 0 Å². The zero-order chi connectivity index (χ0) is 18.0. The molecule has 25 heavy (non-hydrogen) atoms. The number of aromatic amines is 1. The third kappa shape index (κ3) is 3.82. The van der Waals surface area contributed by atoms with E-state index in [0.717, 1.165) is 11.0 Å². The second-order valence-electron chi connectivity index (χ2n) is 6.84. The Morgan fingerprint density at radius 1 is 1.32 bits per heavy atom. The number of nitrogens with one attached hydrogen (secondary N) is 2. The number of carbonyl (C=O) groups is 2. The third-order valence-corrected chi connectivity index (χ3v) is 4.68. The Balaban J connectivity index is 1.69. The number of benzene rings is 1. The first kappa shape index (κ1) is 17.4. The predicted octanol–water partition coefficient (Wildman–Crippen LogP) is 1.30. The lowest BCUT2D eigenvalue weighted by Gasteiger charge is -2.22. The van der Waals surface area contributed by atoms with E-state index in [0.29, 0.717) is 31.5 Å². The Morgan fingerprint density at radius 2 is 2.08 bits per heavy atom. The van der Waals surface area contributed by atoms with E-state index in [9.17, 15) is 14.7 Å². The standard InChI is InChI=1S/C18H24N4O3/c1-11(2)17(24)21-14-5-7-22(8-6-16(14)23)18(25)12-3-4-13-15(9-12)20-10-19-13/h3-4,9-11,14,16,23H,5-8H2,1-2H3,(H,19,20)(H,21,24)/t14-,16-/m0/s1. The minimum atomic E-state index is -0.643. The molecule has 1 aromatic heterocycles. The van der Waals surface area contributed by atoms with E-state index < -0.39 is 6.10 Å². The molecule has 2 amide bonds. The van der Waals surface area contributed by atoms with E-state index in [4.69, 9.17) is 0 Å². The van der Waals surface area contributed by atoms with Crippen molar-refractivity contribution in [1.82, 2.24) is 20.2 Å². The fourth-order valence-electron chi connectivity index (χ4n) is 3.06. The van der Waals surface area contributed by atoms with Crippen LogP contribution in [-0.2, 0) is 4.79 Å². The number of likely N-dealkylation sites (tertiary alicyclic amines) is 1. The second kappa shape index (κ2) is 7.23. The molecule has 3 rings (SSSR count). The molecular formula is C18H24N4O3. The molecule has 0 bridgehead atoms. The monoisotopic (exact) mass is 344 g/mol. The van der Waals surface area contributed by atoms with Crippen molar-refractivity contribution in [2.24, 2.45) is 5.92 Å². The summed E-state index contributed by atoms with van der Waals surface area (Å²) in [6.45, 7) is 4.61. The fraction of sp³-hybridized carbons (Fsp3) is 0.500. The van der Waals surface area contributed by atoms with Crippen molar-refractivity contribution >= 4 is 22.8 Å². The zero-order valence-electron chi connectivity index (χ0n) is 14.5. The molecule has 1 aliphatic rings. The summed E-state index contributed by atoms with van der Waals surface area (Å²) in [5.74, 6) is -0.276. The van der Waals surface area contributed by atoms with Crippen LogP contribution >= 0.6 is 0 Å². The van der Waals surface area contributed by atoms with Crippen LogP contribution in [0.1, 0.15) is 37.0 Å². The molecule has 0 aliphatic carbocycles. The topological polar surface area (TPSA) is 98.3 Å². The summed E-state index contributed by atoms with van der Waals surface area (Å²) in [5.41, 5.74) is 2.23. The van der Waals surface area contributed by atoms with Crippen molar-refractivity contribution in [3.05, 3.63) is 30.1 Å². The van der Waals surface area contributed by atoms with Gasteiger partial charge in [0.05, 0.1) is 29.5 Å². The normalized spacial score (nSPS) is 21.4. The number of H-pyrrole nitrogens is 1. The smallest absolute Gasteiger partial charge is 0.253 e. The van der Waals surface area contributed by atoms with Crippen molar-refractivity contribution in [1.29, 1.82) is 0 Å². The van der Waals surface area contributed by atoms with Crippen LogP contribution in [0.25, 0.3) is 11.0 Å². The fourth-order valence-corrected chi connectivity index (χ4v) is 3.06. The molecule has 0 radical (unpaired) electrons. The van der Waals surface area contributed by atoms with Crippen LogP contribution in [0.5, 0.6) is 0 Å². The first-order valence-electron chi connectivity index (χ1n) is 8.66. The van der Waals surface area contributed by atoms with Crippen LogP contribution in [0.4, 0.5) is 0 Å². The van der Waals surface area contributed by atoms with Gasteiger partial charge in [-0.15, -0.1) is 0 Å². The number of amides is 2. The molecule has 1 fully saturated rings. The lowest BCUT2D eigenvalue weighted by Crippen LogP contribution is -2.44. The van der Waals surface area contributed by atoms with Crippen molar-refractivity contribution in [2.75, 3.05) is 13.1 Å². The van der Waals surface area contributed by atoms with Gasteiger partial charge < -0.3 is 20.3 Å². The average Bonchev–Trinajstić information content (AvgIpc) is 2.99. The van der Waals surface area contributed by atoms with E-state index >= 15 is 0 Å². The van der Waals surface area contributed by atoms with Gasteiger partial charge in [-0.1, -0.05) is 13.8 Å². The molecule has 2 atom stereocenters. The summed E-state index contributed by atoms with van der Waals surface area (Å²) in [6.07, 6.45) is 1.94. The summed E-state index contributed by atoms with van der Waals surface area (Å²) in [6, 6.07) is 5.06. The highest BCUT2D eigenvalue weighted by atomic mass is 16.3. The number of rotatable bonds is 3. The zero-order valence-corrected chi connectivity index (χ0v) is 14.5. The van der Waals surface area contributed by atoms with Gasteiger partial charge in [-0.05, 0) is 31.0 Å². The van der Waals surface area contributed by atoms with Crippen molar-refractivity contribution < 1.29 is 14.7 Å². The molecule has 2 heterocycles. The van der Waals surface area contributed by atoms with Gasteiger partial charge in [-0.2, -0.15) is 0 Å². The highest BCUT2D eigenvalue weighted by Gasteiger charge is 2.29. The SMILES string of the molecule is CC(C)C(=O)N[C@H]1CCN(C(=O)c2ccc3nc[nH]c3c2)CC[C@@H]1O. The number of imidazole rings is 1. The summed E-state index contributed by atoms with van der Waals surface area (Å²) in [7, 11) is 0. The van der Waals surface area contributed by atoms with Gasteiger partial charge in [0.1, 0.15) is 0 Å². The van der Waals surface area contributed by atoms with Gasteiger partial charge in [0.2, 0.25) is 5.91 Å². The van der Waals surface area contributed by atoms with Crippen LogP contribution in [0.15, 0.2) is 24.5 Å². The third-order valence-electron chi connectivity index (χ3n) is 4.68. The summed E-state index contributed by atoms with van der Waals surface area (Å²) >= 11 is 0. The Kier molecular flexibility index (Phi) is 5.03. The summed E-state index contributed by atoms with van der Waals surface area (Å²) in [4.78, 5) is 33.6. The van der Waals surface area contributed by atoms with Gasteiger partial charge in [-0.25, -0.2) is 4.98 Å². The first-order valence-corrected chi connectivity index (χ1v) is 8.66. The Morgan fingerprint density at radius 3 is 2.84 bits per heavy atom. The van der Waals surface area contributed by atoms with Crippen LogP contribution in [0.2, 0.25) is 0 Å². The largest absolute Gasteiger partial charge is 0.391 e. The van der Waals surface area contributed by atoms with Crippen LogP contribution < -0.4 is 5.32 Å². The van der Waals surface area contributed by atoms with E-state index in [1.165, 1.54) is 0 Å². The average molecular weight is 344 g/mol. The number of fused-ring (bicyclic) bond motifs is 1. The lowest BCUT2D eigenvalue weighted by molar-refractivity contribution is -0.125. The number of aliphatic hydroxyl groups is 1. The number of nitrogens with zero attached hydrogens (tertiary/aromatic N) is 2. The molecule has 0 spiro atoms. The molecule has 1 aromatic carbocycles. The van der Waals surface area contributed by atoms with Gasteiger partial charge in [0.25, 0.3) is 5.91 Å². The molecule has 0 saturated carbocycles. The van der Waals surface area contributed by atoms with E-state index in [1.54, 1.807) is 23.4 Å². The number of hydrogen-bond acceptors (Lipinski definition) is 4. The minimum absolute atomic E-state index is 0.0699. The maximum Gasteiger partial charge on any atom is 0.253 e. The molecule has 3 N–H and O–H groups in total. The lowest BCUT2D eigenvalue weighted by atomic mass is 10.1. The molecule has 7 heteroatoms. The molecule has 1 saturated heterocycles. The first-order chi connectivity index (χ1) is 12.0. The number of carbonyl (C=O) groups excluding carboxylic acids is 2. The van der Waals surface area contributed by atoms with Crippen LogP contribution in [0, 0.1) is 5.92 Å². The van der Waals surface area contributed by atoms with Crippen LogP contribution in [0.3, 0.4) is 0 Å². The highest BCUT2D eigenvalue weighted by molar-refractivity contribution is 5.97. The van der Waals surface area contributed by atoms with Crippen molar-refractivity contribution in [2.45, 2.75) is 38.8 Å². The molecule has 0 unspecified atom stereocenters. The molecule has 1 aliphatic heterocycles. The Bertz CT molecular complexity index is 771. The molecule has 7 nitrogen and oxygen atoms in total. The predicted molar refractivity (Wildman–Crippen MR) is 94.0 cm³/mol. The number of hydrogen-bond donors (Lipinski definition) is 3. The molecular weight excluding hydrogens is 320 g/mol. The molecule has 2 aromatic rings. The van der Waals surface area contributed by atoms with Crippen molar-refractivity contribution in [3.8, 4) is 0 Å². The van der Waals surface area contributed by atoms with E-state index in [-0.39, 0.29) is 23.8 Å². The molecule has 134 valence electrons. The summed E-state index contributed by atoms with van der Waals surface area (Å²) in [5, 5.41) is 13.2. The number of aliphatic hydroxyl groups excluding tert-OH is 1. The summed E-state index contributed by atoms with van der Waals surface area (Å²) < 4.78 is 0. The van der Waals surface area contributed by atoms with Gasteiger partial charge >= 0.3 is 0 Å². The number of aromatic nitrogens is 2. The Hall–Kier alpha value is -2.41. The maximum atomic E-state index is 12.8. The van der Waals surface area contributed by atoms with Crippen molar-refractivity contribution in [3.63, 3.8) is 0 Å². The quantitative estimate of drug-likeness (QED) is 0.782. The van der Waals surface area contributed by atoms with Crippen LogP contribution in [-0.4, -0.2) is 57.0 Å². The highest BCUT2D eigenvalue weighted by Crippen LogP contribution is 2.18. The second-order valence-corrected chi connectivity index (χ2v) is 6.84. The Labute approximate surface area is 146 Å². The van der Waals surface area contributed by atoms with E-state index in [1.807, 2.05) is 19.9 Å². The minimum Gasteiger partial charge on any atom is -0.391 e. The van der Waals surface area contributed by atoms with Gasteiger partial charge in [0, 0.05) is 24.6 Å².